The number of aliphatic imine (C=N–C) groups is 1. The van der Waals surface area contributed by atoms with Gasteiger partial charge >= 0.3 is 0 Å². The second-order valence-electron chi connectivity index (χ2n) is 3.46. The number of carbonyl (C=O) groups excluding carboxylic acids is 1. The molecule has 1 saturated carbocycles. The van der Waals surface area contributed by atoms with Crippen LogP contribution in [0.4, 0.5) is 0 Å². The Morgan fingerprint density at radius 2 is 2.14 bits per heavy atom. The maximum Gasteiger partial charge on any atom is 0.235 e. The van der Waals surface area contributed by atoms with E-state index in [-0.39, 0.29) is 6.04 Å². The fraction of sp³-hybridized carbons (Fsp3) is 0.250. The van der Waals surface area contributed by atoms with Crippen molar-refractivity contribution in [2.24, 2.45) is 10.9 Å². The predicted octanol–water partition coefficient (Wildman–Crippen LogP) is 2.42. The lowest BCUT2D eigenvalue weighted by molar-refractivity contribution is 0.562. The van der Waals surface area contributed by atoms with Gasteiger partial charge in [-0.05, 0) is 12.0 Å². The fourth-order valence-electron chi connectivity index (χ4n) is 1.42. The number of benzene rings is 1. The zero-order valence-corrected chi connectivity index (χ0v) is 7.76. The number of nitrogens with zero attached hydrogens (tertiary/aromatic N) is 1. The number of hydrogen-bond donors (Lipinski definition) is 0. The van der Waals surface area contributed by atoms with Crippen LogP contribution >= 0.6 is 0 Å². The number of isocyanates is 1. The van der Waals surface area contributed by atoms with Crippen molar-refractivity contribution in [3.8, 4) is 0 Å². The summed E-state index contributed by atoms with van der Waals surface area (Å²) in [6, 6.07) is 10.3. The molecule has 0 saturated heterocycles. The van der Waals surface area contributed by atoms with Crippen molar-refractivity contribution in [1.82, 2.24) is 0 Å². The van der Waals surface area contributed by atoms with Gasteiger partial charge in [0.1, 0.15) is 0 Å². The maximum absolute atomic E-state index is 9.96. The highest BCUT2D eigenvalue weighted by molar-refractivity contribution is 5.50. The molecule has 0 N–H and O–H groups in total. The fourth-order valence-corrected chi connectivity index (χ4v) is 1.42. The maximum atomic E-state index is 9.96. The van der Waals surface area contributed by atoms with Crippen molar-refractivity contribution in [2.45, 2.75) is 12.5 Å². The van der Waals surface area contributed by atoms with E-state index in [1.54, 1.807) is 6.08 Å². The highest BCUT2D eigenvalue weighted by Gasteiger charge is 2.34. The molecule has 1 fully saturated rings. The Balaban J connectivity index is 1.94. The van der Waals surface area contributed by atoms with Crippen LogP contribution < -0.4 is 0 Å². The van der Waals surface area contributed by atoms with Gasteiger partial charge in [-0.15, -0.1) is 0 Å². The predicted molar refractivity (Wildman–Crippen MR) is 55.5 cm³/mol. The highest BCUT2D eigenvalue weighted by Crippen LogP contribution is 2.35. The van der Waals surface area contributed by atoms with Gasteiger partial charge in [-0.25, -0.2) is 9.79 Å². The molecule has 0 bridgehead atoms. The lowest BCUT2D eigenvalue weighted by atomic mass is 10.2. The molecular formula is C12H11NO. The van der Waals surface area contributed by atoms with Crippen LogP contribution in [0.3, 0.4) is 0 Å². The number of rotatable bonds is 3. The van der Waals surface area contributed by atoms with Crippen molar-refractivity contribution in [1.29, 1.82) is 0 Å². The van der Waals surface area contributed by atoms with Crippen molar-refractivity contribution in [3.63, 3.8) is 0 Å². The van der Waals surface area contributed by atoms with E-state index in [2.05, 4.69) is 29.3 Å². The Bertz CT molecular complexity index is 377. The highest BCUT2D eigenvalue weighted by atomic mass is 16.1. The molecule has 2 atom stereocenters. The standard InChI is InChI=1S/C12H11NO/c14-9-13-12-8-11(12)7-6-10-4-2-1-3-5-10/h1-7,11-12H,8H2/b7-6-. The van der Waals surface area contributed by atoms with E-state index in [0.29, 0.717) is 5.92 Å². The normalized spacial score (nSPS) is 24.6. The van der Waals surface area contributed by atoms with Crippen molar-refractivity contribution >= 4 is 12.2 Å². The minimum absolute atomic E-state index is 0.187. The smallest absolute Gasteiger partial charge is 0.211 e. The van der Waals surface area contributed by atoms with Crippen LogP contribution in [0, 0.1) is 5.92 Å². The van der Waals surface area contributed by atoms with Gasteiger partial charge in [0.2, 0.25) is 6.08 Å². The summed E-state index contributed by atoms with van der Waals surface area (Å²) in [4.78, 5) is 13.6. The third-order valence-corrected chi connectivity index (χ3v) is 2.36. The van der Waals surface area contributed by atoms with Gasteiger partial charge < -0.3 is 0 Å². The van der Waals surface area contributed by atoms with E-state index in [0.717, 1.165) is 6.42 Å². The Hall–Kier alpha value is -1.66. The molecule has 1 aromatic carbocycles. The molecule has 2 nitrogen and oxygen atoms in total. The quantitative estimate of drug-likeness (QED) is 0.525. The summed E-state index contributed by atoms with van der Waals surface area (Å²) in [7, 11) is 0. The first-order chi connectivity index (χ1) is 6.90. The summed E-state index contributed by atoms with van der Waals surface area (Å²) >= 11 is 0. The summed E-state index contributed by atoms with van der Waals surface area (Å²) in [5.74, 6) is 0.441. The van der Waals surface area contributed by atoms with Gasteiger partial charge in [-0.3, -0.25) is 0 Å². The SMILES string of the molecule is O=C=NC1CC1/C=C\c1ccccc1. The van der Waals surface area contributed by atoms with Crippen molar-refractivity contribution < 1.29 is 4.79 Å². The molecular weight excluding hydrogens is 174 g/mol. The average molecular weight is 185 g/mol. The summed E-state index contributed by atoms with van der Waals surface area (Å²) in [5, 5.41) is 0. The first-order valence-corrected chi connectivity index (χ1v) is 4.70. The van der Waals surface area contributed by atoms with E-state index < -0.39 is 0 Å². The molecule has 0 spiro atoms. The van der Waals surface area contributed by atoms with Gasteiger partial charge in [0.05, 0.1) is 6.04 Å². The molecule has 14 heavy (non-hydrogen) atoms. The van der Waals surface area contributed by atoms with Crippen molar-refractivity contribution in [2.75, 3.05) is 0 Å². The summed E-state index contributed by atoms with van der Waals surface area (Å²) in [6.45, 7) is 0. The minimum Gasteiger partial charge on any atom is -0.211 e. The van der Waals surface area contributed by atoms with Crippen LogP contribution in [0.15, 0.2) is 41.4 Å². The lowest BCUT2D eigenvalue weighted by Crippen LogP contribution is -1.78. The molecule has 2 rings (SSSR count). The van der Waals surface area contributed by atoms with E-state index in [9.17, 15) is 4.79 Å². The molecule has 1 aliphatic carbocycles. The van der Waals surface area contributed by atoms with Gasteiger partial charge in [0.15, 0.2) is 0 Å². The van der Waals surface area contributed by atoms with E-state index in [1.807, 2.05) is 18.2 Å². The second kappa shape index (κ2) is 4.03. The molecule has 1 aromatic rings. The van der Waals surface area contributed by atoms with Crippen LogP contribution in [-0.2, 0) is 4.79 Å². The van der Waals surface area contributed by atoms with E-state index in [4.69, 9.17) is 0 Å². The molecule has 2 heteroatoms. The molecule has 0 heterocycles. The monoisotopic (exact) mass is 185 g/mol. The van der Waals surface area contributed by atoms with E-state index >= 15 is 0 Å². The Morgan fingerprint density at radius 3 is 2.86 bits per heavy atom. The summed E-state index contributed by atoms with van der Waals surface area (Å²) in [5.41, 5.74) is 1.19. The first-order valence-electron chi connectivity index (χ1n) is 4.70. The number of hydrogen-bond acceptors (Lipinski definition) is 2. The summed E-state index contributed by atoms with van der Waals surface area (Å²) in [6.07, 6.45) is 6.77. The molecule has 0 radical (unpaired) electrons. The van der Waals surface area contributed by atoms with Crippen LogP contribution in [0.25, 0.3) is 6.08 Å². The Labute approximate surface area is 83.0 Å². The Morgan fingerprint density at radius 1 is 1.36 bits per heavy atom. The molecule has 0 aromatic heterocycles. The van der Waals surface area contributed by atoms with Gasteiger partial charge in [-0.2, -0.15) is 0 Å². The minimum atomic E-state index is 0.187. The third-order valence-electron chi connectivity index (χ3n) is 2.36. The van der Waals surface area contributed by atoms with Crippen LogP contribution in [0.1, 0.15) is 12.0 Å². The first kappa shape index (κ1) is 8.92. The largest absolute Gasteiger partial charge is 0.235 e. The van der Waals surface area contributed by atoms with Crippen LogP contribution in [0.2, 0.25) is 0 Å². The van der Waals surface area contributed by atoms with Crippen LogP contribution in [-0.4, -0.2) is 12.1 Å². The molecule has 2 unspecified atom stereocenters. The molecule has 1 aliphatic rings. The lowest BCUT2D eigenvalue weighted by Gasteiger charge is -1.89. The zero-order chi connectivity index (χ0) is 9.80. The second-order valence-corrected chi connectivity index (χ2v) is 3.46. The van der Waals surface area contributed by atoms with Gasteiger partial charge in [0.25, 0.3) is 0 Å². The molecule has 0 aliphatic heterocycles. The van der Waals surface area contributed by atoms with Crippen molar-refractivity contribution in [3.05, 3.63) is 42.0 Å². The van der Waals surface area contributed by atoms with Gasteiger partial charge in [0, 0.05) is 5.92 Å². The third kappa shape index (κ3) is 2.18. The zero-order valence-electron chi connectivity index (χ0n) is 7.76. The van der Waals surface area contributed by atoms with E-state index in [1.165, 1.54) is 5.56 Å². The molecule has 0 amide bonds. The van der Waals surface area contributed by atoms with Gasteiger partial charge in [-0.1, -0.05) is 42.5 Å². The molecule has 70 valence electrons. The summed E-state index contributed by atoms with van der Waals surface area (Å²) < 4.78 is 0. The average Bonchev–Trinajstić information content (AvgIpc) is 2.96. The Kier molecular flexibility index (Phi) is 2.57. The topological polar surface area (TPSA) is 29.4 Å². The van der Waals surface area contributed by atoms with Crippen LogP contribution in [0.5, 0.6) is 0 Å².